The van der Waals surface area contributed by atoms with Gasteiger partial charge in [0.1, 0.15) is 11.9 Å². The number of aliphatic hydroxyl groups excluding tert-OH is 1. The van der Waals surface area contributed by atoms with Gasteiger partial charge in [0.2, 0.25) is 0 Å². The van der Waals surface area contributed by atoms with Crippen LogP contribution in [0.25, 0.3) is 0 Å². The van der Waals surface area contributed by atoms with Crippen LogP contribution in [0.15, 0.2) is 18.2 Å². The zero-order valence-electron chi connectivity index (χ0n) is 14.7. The Morgan fingerprint density at radius 1 is 1.20 bits per heavy atom. The van der Waals surface area contributed by atoms with Crippen LogP contribution in [0.5, 0.6) is 5.75 Å². The van der Waals surface area contributed by atoms with Gasteiger partial charge < -0.3 is 15.2 Å². The number of rotatable bonds is 9. The van der Waals surface area contributed by atoms with Gasteiger partial charge in [-0.05, 0) is 30.5 Å². The number of ether oxygens (including phenoxy) is 1. The largest absolute Gasteiger partial charge is 0.489 e. The Kier molecular flexibility index (Phi) is 7.56. The van der Waals surface area contributed by atoms with Gasteiger partial charge >= 0.3 is 6.18 Å². The molecule has 1 saturated heterocycles. The Morgan fingerprint density at radius 3 is 2.60 bits per heavy atom. The van der Waals surface area contributed by atoms with Gasteiger partial charge in [-0.1, -0.05) is 38.7 Å². The third-order valence-corrected chi connectivity index (χ3v) is 4.64. The molecule has 1 aliphatic heterocycles. The van der Waals surface area contributed by atoms with E-state index in [9.17, 15) is 13.2 Å². The number of nitrogens with one attached hydrogen (secondary N) is 1. The van der Waals surface area contributed by atoms with Crippen molar-refractivity contribution in [3.05, 3.63) is 29.3 Å². The molecule has 2 N–H and O–H groups in total. The first-order valence-corrected chi connectivity index (χ1v) is 9.15. The van der Waals surface area contributed by atoms with Crippen LogP contribution in [0, 0.1) is 0 Å². The van der Waals surface area contributed by atoms with Crippen LogP contribution < -0.4 is 10.1 Å². The van der Waals surface area contributed by atoms with Crippen molar-refractivity contribution in [2.75, 3.05) is 13.2 Å². The quantitative estimate of drug-likeness (QED) is 0.645. The van der Waals surface area contributed by atoms with Crippen molar-refractivity contribution in [3.63, 3.8) is 0 Å². The molecule has 1 aliphatic rings. The van der Waals surface area contributed by atoms with Gasteiger partial charge in [-0.2, -0.15) is 13.2 Å². The van der Waals surface area contributed by atoms with Crippen molar-refractivity contribution in [1.82, 2.24) is 5.32 Å². The Morgan fingerprint density at radius 2 is 1.96 bits per heavy atom. The molecule has 0 aliphatic carbocycles. The molecular weight excluding hydrogens is 331 g/mol. The number of hydrogen-bond acceptors (Lipinski definition) is 3. The molecule has 0 amide bonds. The number of aliphatic hydroxyl groups is 1. The maximum atomic E-state index is 13.4. The van der Waals surface area contributed by atoms with Crippen molar-refractivity contribution >= 4 is 0 Å². The van der Waals surface area contributed by atoms with Gasteiger partial charge in [-0.3, -0.25) is 0 Å². The summed E-state index contributed by atoms with van der Waals surface area (Å²) in [6.07, 6.45) is 1.50. The number of benzene rings is 1. The Labute approximate surface area is 147 Å². The van der Waals surface area contributed by atoms with Gasteiger partial charge in [-0.15, -0.1) is 0 Å². The fourth-order valence-corrected chi connectivity index (χ4v) is 3.23. The normalized spacial score (nSPS) is 20.8. The van der Waals surface area contributed by atoms with Crippen LogP contribution >= 0.6 is 0 Å². The molecule has 0 unspecified atom stereocenters. The van der Waals surface area contributed by atoms with E-state index in [1.807, 2.05) is 0 Å². The lowest BCUT2D eigenvalue weighted by atomic mass is 10.00. The molecule has 2 rings (SSSR count). The summed E-state index contributed by atoms with van der Waals surface area (Å²) >= 11 is 0. The molecule has 3 nitrogen and oxygen atoms in total. The summed E-state index contributed by atoms with van der Waals surface area (Å²) in [4.78, 5) is 0. The molecule has 1 fully saturated rings. The van der Waals surface area contributed by atoms with Gasteiger partial charge in [0.05, 0.1) is 12.2 Å². The average Bonchev–Trinajstić information content (AvgIpc) is 3.02. The van der Waals surface area contributed by atoms with Crippen LogP contribution in [0.2, 0.25) is 0 Å². The summed E-state index contributed by atoms with van der Waals surface area (Å²) in [5.41, 5.74) is -0.251. The zero-order valence-corrected chi connectivity index (χ0v) is 14.7. The van der Waals surface area contributed by atoms with Gasteiger partial charge in [0.25, 0.3) is 0 Å². The molecule has 0 aromatic heterocycles. The smallest absolute Gasteiger partial charge is 0.416 e. The molecule has 1 aromatic rings. The van der Waals surface area contributed by atoms with E-state index < -0.39 is 11.7 Å². The monoisotopic (exact) mass is 359 g/mol. The summed E-state index contributed by atoms with van der Waals surface area (Å²) in [5, 5.41) is 12.2. The highest BCUT2D eigenvalue weighted by atomic mass is 19.4. The van der Waals surface area contributed by atoms with Crippen LogP contribution in [-0.4, -0.2) is 30.4 Å². The predicted octanol–water partition coefficient (Wildman–Crippen LogP) is 4.32. The van der Waals surface area contributed by atoms with Crippen LogP contribution in [0.1, 0.15) is 56.6 Å². The first-order chi connectivity index (χ1) is 11.9. The highest BCUT2D eigenvalue weighted by Crippen LogP contribution is 2.35. The minimum atomic E-state index is -4.38. The zero-order chi connectivity index (χ0) is 18.3. The Balaban J connectivity index is 2.01. The lowest BCUT2D eigenvalue weighted by Gasteiger charge is -2.17. The minimum absolute atomic E-state index is 0.00459. The third kappa shape index (κ3) is 6.19. The molecule has 1 heterocycles. The predicted molar refractivity (Wildman–Crippen MR) is 91.8 cm³/mol. The Hall–Kier alpha value is -1.27. The SMILES string of the molecule is CCCCCCCc1ccc(O[C@H]2CN[C@@H](CO)C2)cc1C(F)(F)F. The number of hydrogen-bond donors (Lipinski definition) is 2. The van der Waals surface area contributed by atoms with E-state index >= 15 is 0 Å². The van der Waals surface area contributed by atoms with Crippen molar-refractivity contribution in [1.29, 1.82) is 0 Å². The average molecular weight is 359 g/mol. The molecule has 142 valence electrons. The second-order valence-corrected chi connectivity index (χ2v) is 6.74. The lowest BCUT2D eigenvalue weighted by Crippen LogP contribution is -2.25. The first-order valence-electron chi connectivity index (χ1n) is 9.15. The summed E-state index contributed by atoms with van der Waals surface area (Å²) in [6.45, 7) is 2.65. The van der Waals surface area contributed by atoms with Crippen molar-refractivity contribution in [2.45, 2.75) is 70.2 Å². The number of alkyl halides is 3. The van der Waals surface area contributed by atoms with E-state index in [2.05, 4.69) is 12.2 Å². The van der Waals surface area contributed by atoms with E-state index in [1.165, 1.54) is 0 Å². The molecule has 6 heteroatoms. The van der Waals surface area contributed by atoms with Crippen LogP contribution in [-0.2, 0) is 12.6 Å². The maximum Gasteiger partial charge on any atom is 0.416 e. The second kappa shape index (κ2) is 9.43. The molecule has 0 saturated carbocycles. The molecule has 25 heavy (non-hydrogen) atoms. The first kappa shape index (κ1) is 20.0. The molecule has 1 aromatic carbocycles. The third-order valence-electron chi connectivity index (χ3n) is 4.64. The van der Waals surface area contributed by atoms with Crippen molar-refractivity contribution in [2.24, 2.45) is 0 Å². The summed E-state index contributed by atoms with van der Waals surface area (Å²) in [6, 6.07) is 4.25. The van der Waals surface area contributed by atoms with E-state index in [0.717, 1.165) is 38.2 Å². The topological polar surface area (TPSA) is 41.5 Å². The standard InChI is InChI=1S/C19H28F3NO2/c1-2-3-4-5-6-7-14-8-9-16(11-18(14)19(20,21)22)25-17-10-15(13-24)23-12-17/h8-9,11,15,17,23-24H,2-7,10,12-13H2,1H3/t15-,17-/m1/s1. The van der Waals surface area contributed by atoms with Gasteiger partial charge in [0, 0.05) is 19.0 Å². The van der Waals surface area contributed by atoms with E-state index in [0.29, 0.717) is 24.9 Å². The van der Waals surface area contributed by atoms with Crippen LogP contribution in [0.3, 0.4) is 0 Å². The highest BCUT2D eigenvalue weighted by molar-refractivity contribution is 5.38. The highest BCUT2D eigenvalue weighted by Gasteiger charge is 2.34. The summed E-state index contributed by atoms with van der Waals surface area (Å²) in [7, 11) is 0. The van der Waals surface area contributed by atoms with Crippen molar-refractivity contribution in [3.8, 4) is 5.75 Å². The molecule has 2 atom stereocenters. The molecule has 0 bridgehead atoms. The number of unbranched alkanes of at least 4 members (excludes halogenated alkanes) is 4. The lowest BCUT2D eigenvalue weighted by molar-refractivity contribution is -0.138. The summed E-state index contributed by atoms with van der Waals surface area (Å²) in [5.74, 6) is 0.243. The fraction of sp³-hybridized carbons (Fsp3) is 0.684. The van der Waals surface area contributed by atoms with E-state index in [1.54, 1.807) is 12.1 Å². The van der Waals surface area contributed by atoms with Crippen molar-refractivity contribution < 1.29 is 23.0 Å². The Bertz CT molecular complexity index is 534. The maximum absolute atomic E-state index is 13.4. The van der Waals surface area contributed by atoms with E-state index in [-0.39, 0.29) is 24.5 Å². The van der Waals surface area contributed by atoms with Gasteiger partial charge in [0.15, 0.2) is 0 Å². The number of halogens is 3. The van der Waals surface area contributed by atoms with Gasteiger partial charge in [-0.25, -0.2) is 0 Å². The molecule has 0 radical (unpaired) electrons. The van der Waals surface area contributed by atoms with E-state index in [4.69, 9.17) is 9.84 Å². The second-order valence-electron chi connectivity index (χ2n) is 6.74. The fourth-order valence-electron chi connectivity index (χ4n) is 3.23. The molecular formula is C19H28F3NO2. The number of aryl methyl sites for hydroxylation is 1. The van der Waals surface area contributed by atoms with Crippen LogP contribution in [0.4, 0.5) is 13.2 Å². The minimum Gasteiger partial charge on any atom is -0.489 e. The summed E-state index contributed by atoms with van der Waals surface area (Å²) < 4.78 is 45.8. The molecule has 0 spiro atoms.